The van der Waals surface area contributed by atoms with Crippen LogP contribution in [0.15, 0.2) is 46.9 Å². The van der Waals surface area contributed by atoms with Crippen LogP contribution >= 0.6 is 39.1 Å². The Morgan fingerprint density at radius 3 is 2.68 bits per heavy atom. The summed E-state index contributed by atoms with van der Waals surface area (Å²) in [5, 5.41) is 1.13. The van der Waals surface area contributed by atoms with Gasteiger partial charge in [0.1, 0.15) is 0 Å². The zero-order valence-corrected chi connectivity index (χ0v) is 15.2. The minimum atomic E-state index is -0.111. The van der Waals surface area contributed by atoms with Crippen LogP contribution in [0, 0.1) is 0 Å². The lowest BCUT2D eigenvalue weighted by atomic mass is 10.1. The van der Waals surface area contributed by atoms with Crippen LogP contribution in [0.25, 0.3) is 0 Å². The van der Waals surface area contributed by atoms with Crippen LogP contribution < -0.4 is 4.90 Å². The zero-order chi connectivity index (χ0) is 15.7. The summed E-state index contributed by atoms with van der Waals surface area (Å²) in [6.07, 6.45) is 1.07. The van der Waals surface area contributed by atoms with Crippen LogP contribution in [-0.2, 0) is 4.74 Å². The number of hydrogen-bond donors (Lipinski definition) is 0. The Hall–Kier alpha value is -0.740. The van der Waals surface area contributed by atoms with Crippen molar-refractivity contribution in [2.45, 2.75) is 25.7 Å². The van der Waals surface area contributed by atoms with Crippen molar-refractivity contribution in [3.63, 3.8) is 0 Å². The number of halogens is 3. The molecule has 0 aliphatic carbocycles. The SMILES string of the molecule is CCC1CN(c2ccc(Cl)c(Cl)c2)C(c2cccc(Br)c2)O1. The van der Waals surface area contributed by atoms with Gasteiger partial charge in [0.2, 0.25) is 0 Å². The highest BCUT2D eigenvalue weighted by molar-refractivity contribution is 9.10. The fourth-order valence-electron chi connectivity index (χ4n) is 2.66. The zero-order valence-electron chi connectivity index (χ0n) is 12.1. The molecule has 116 valence electrons. The topological polar surface area (TPSA) is 12.5 Å². The van der Waals surface area contributed by atoms with Gasteiger partial charge in [0.05, 0.1) is 16.1 Å². The molecule has 0 amide bonds. The Morgan fingerprint density at radius 1 is 1.18 bits per heavy atom. The molecule has 2 aromatic carbocycles. The average Bonchev–Trinajstić information content (AvgIpc) is 2.94. The normalized spacial score (nSPS) is 21.4. The van der Waals surface area contributed by atoms with E-state index in [2.05, 4.69) is 39.9 Å². The third kappa shape index (κ3) is 3.28. The summed E-state index contributed by atoms with van der Waals surface area (Å²) in [5.74, 6) is 0. The Bertz CT molecular complexity index is 679. The van der Waals surface area contributed by atoms with E-state index < -0.39 is 0 Å². The van der Waals surface area contributed by atoms with Crippen molar-refractivity contribution >= 4 is 44.8 Å². The molecule has 2 nitrogen and oxygen atoms in total. The molecule has 0 radical (unpaired) electrons. The number of rotatable bonds is 3. The third-order valence-corrected chi connectivity index (χ3v) is 5.06. The summed E-state index contributed by atoms with van der Waals surface area (Å²) in [6.45, 7) is 2.98. The predicted molar refractivity (Wildman–Crippen MR) is 95.9 cm³/mol. The molecule has 2 aromatic rings. The predicted octanol–water partition coefficient (Wildman–Crippen LogP) is 6.07. The first-order chi connectivity index (χ1) is 10.6. The van der Waals surface area contributed by atoms with Crippen LogP contribution in [0.2, 0.25) is 10.0 Å². The summed E-state index contributed by atoms with van der Waals surface area (Å²) >= 11 is 15.7. The summed E-state index contributed by atoms with van der Waals surface area (Å²) in [6, 6.07) is 13.9. The molecule has 0 bridgehead atoms. The van der Waals surface area contributed by atoms with Crippen molar-refractivity contribution < 1.29 is 4.74 Å². The number of ether oxygens (including phenoxy) is 1. The van der Waals surface area contributed by atoms with Crippen LogP contribution in [0.5, 0.6) is 0 Å². The summed E-state index contributed by atoms with van der Waals surface area (Å²) in [4.78, 5) is 2.23. The third-order valence-electron chi connectivity index (χ3n) is 3.83. The Morgan fingerprint density at radius 2 is 2.00 bits per heavy atom. The van der Waals surface area contributed by atoms with Gasteiger partial charge in [-0.05, 0) is 36.8 Å². The molecule has 1 aliphatic rings. The molecule has 3 rings (SSSR count). The maximum absolute atomic E-state index is 6.22. The first kappa shape index (κ1) is 16.1. The molecule has 5 heteroatoms. The molecule has 1 heterocycles. The van der Waals surface area contributed by atoms with Gasteiger partial charge in [0.15, 0.2) is 6.23 Å². The minimum absolute atomic E-state index is 0.111. The average molecular weight is 401 g/mol. The minimum Gasteiger partial charge on any atom is -0.349 e. The van der Waals surface area contributed by atoms with Crippen molar-refractivity contribution in [3.05, 3.63) is 62.5 Å². The molecule has 2 unspecified atom stereocenters. The standard InChI is InChI=1S/C17H16BrCl2NO/c1-2-14-10-21(13-6-7-15(19)16(20)9-13)17(22-14)11-4-3-5-12(18)8-11/h3-9,14,17H,2,10H2,1H3. The van der Waals surface area contributed by atoms with E-state index in [4.69, 9.17) is 27.9 Å². The maximum atomic E-state index is 6.22. The van der Waals surface area contributed by atoms with Gasteiger partial charge in [-0.3, -0.25) is 0 Å². The van der Waals surface area contributed by atoms with Gasteiger partial charge >= 0.3 is 0 Å². The summed E-state index contributed by atoms with van der Waals surface area (Å²) in [5.41, 5.74) is 2.15. The van der Waals surface area contributed by atoms with Crippen molar-refractivity contribution in [2.75, 3.05) is 11.4 Å². The van der Waals surface area contributed by atoms with Crippen LogP contribution in [0.3, 0.4) is 0 Å². The second-order valence-corrected chi connectivity index (χ2v) is 7.05. The highest BCUT2D eigenvalue weighted by Crippen LogP contribution is 2.38. The molecular formula is C17H16BrCl2NO. The largest absolute Gasteiger partial charge is 0.349 e. The van der Waals surface area contributed by atoms with Crippen LogP contribution in [0.4, 0.5) is 5.69 Å². The first-order valence-corrected chi connectivity index (χ1v) is 8.76. The van der Waals surface area contributed by atoms with Crippen molar-refractivity contribution in [1.82, 2.24) is 0 Å². The Balaban J connectivity index is 1.97. The number of hydrogen-bond acceptors (Lipinski definition) is 2. The van der Waals surface area contributed by atoms with Gasteiger partial charge in [-0.1, -0.05) is 58.2 Å². The molecule has 0 spiro atoms. The Kier molecular flexibility index (Phi) is 4.98. The fourth-order valence-corrected chi connectivity index (χ4v) is 3.37. The molecule has 1 saturated heterocycles. The van der Waals surface area contributed by atoms with Gasteiger partial charge in [-0.15, -0.1) is 0 Å². The van der Waals surface area contributed by atoms with Gasteiger partial charge in [-0.25, -0.2) is 0 Å². The van der Waals surface area contributed by atoms with Crippen molar-refractivity contribution in [3.8, 4) is 0 Å². The molecule has 0 saturated carbocycles. The highest BCUT2D eigenvalue weighted by Gasteiger charge is 2.33. The van der Waals surface area contributed by atoms with E-state index >= 15 is 0 Å². The smallest absolute Gasteiger partial charge is 0.157 e. The lowest BCUT2D eigenvalue weighted by Crippen LogP contribution is -2.24. The molecule has 0 N–H and O–H groups in total. The lowest BCUT2D eigenvalue weighted by molar-refractivity contribution is 0.0462. The molecular weight excluding hydrogens is 385 g/mol. The highest BCUT2D eigenvalue weighted by atomic mass is 79.9. The van der Waals surface area contributed by atoms with E-state index in [0.29, 0.717) is 10.0 Å². The van der Waals surface area contributed by atoms with E-state index in [-0.39, 0.29) is 12.3 Å². The second-order valence-electron chi connectivity index (χ2n) is 5.32. The number of anilines is 1. The first-order valence-electron chi connectivity index (χ1n) is 7.21. The van der Waals surface area contributed by atoms with E-state index in [1.54, 1.807) is 0 Å². The second kappa shape index (κ2) is 6.79. The summed E-state index contributed by atoms with van der Waals surface area (Å²) < 4.78 is 7.26. The van der Waals surface area contributed by atoms with Gasteiger partial charge in [0.25, 0.3) is 0 Å². The molecule has 2 atom stereocenters. The van der Waals surface area contributed by atoms with E-state index in [9.17, 15) is 0 Å². The van der Waals surface area contributed by atoms with Crippen LogP contribution in [-0.4, -0.2) is 12.6 Å². The molecule has 22 heavy (non-hydrogen) atoms. The Labute approximate surface area is 149 Å². The van der Waals surface area contributed by atoms with Gasteiger partial charge in [-0.2, -0.15) is 0 Å². The van der Waals surface area contributed by atoms with Crippen molar-refractivity contribution in [1.29, 1.82) is 0 Å². The van der Waals surface area contributed by atoms with E-state index in [1.165, 1.54) is 0 Å². The van der Waals surface area contributed by atoms with Crippen LogP contribution in [0.1, 0.15) is 25.1 Å². The lowest BCUT2D eigenvalue weighted by Gasteiger charge is -2.25. The van der Waals surface area contributed by atoms with E-state index in [0.717, 1.165) is 28.7 Å². The van der Waals surface area contributed by atoms with Crippen molar-refractivity contribution in [2.24, 2.45) is 0 Å². The molecule has 1 fully saturated rings. The molecule has 1 aliphatic heterocycles. The van der Waals surface area contributed by atoms with E-state index in [1.807, 2.05) is 30.3 Å². The summed E-state index contributed by atoms with van der Waals surface area (Å²) in [7, 11) is 0. The maximum Gasteiger partial charge on any atom is 0.157 e. The fraction of sp³-hybridized carbons (Fsp3) is 0.294. The number of nitrogens with zero attached hydrogens (tertiary/aromatic N) is 1. The van der Waals surface area contributed by atoms with Gasteiger partial charge in [0, 0.05) is 22.3 Å². The monoisotopic (exact) mass is 399 g/mol. The number of benzene rings is 2. The van der Waals surface area contributed by atoms with Gasteiger partial charge < -0.3 is 9.64 Å². The molecule has 0 aromatic heterocycles. The quantitative estimate of drug-likeness (QED) is 0.619.